The van der Waals surface area contributed by atoms with E-state index in [1.54, 1.807) is 30.3 Å². The molecule has 8 nitrogen and oxygen atoms in total. The van der Waals surface area contributed by atoms with Crippen LogP contribution >= 0.6 is 11.6 Å². The first kappa shape index (κ1) is 26.4. The average molecular weight is 504 g/mol. The van der Waals surface area contributed by atoms with Crippen molar-refractivity contribution in [1.29, 1.82) is 0 Å². The molecule has 1 unspecified atom stereocenters. The van der Waals surface area contributed by atoms with Gasteiger partial charge in [-0.3, -0.25) is 9.59 Å². The van der Waals surface area contributed by atoms with E-state index in [2.05, 4.69) is 0 Å². The number of ether oxygens (including phenoxy) is 4. The Balaban J connectivity index is 2.18. The zero-order valence-corrected chi connectivity index (χ0v) is 21.2. The highest BCUT2D eigenvalue weighted by Crippen LogP contribution is 2.42. The second-order valence-electron chi connectivity index (χ2n) is 8.45. The predicted octanol–water partition coefficient (Wildman–Crippen LogP) is 4.46. The summed E-state index contributed by atoms with van der Waals surface area (Å²) in [6.45, 7) is 4.87. The number of hydrogen-bond donors (Lipinski definition) is 1. The van der Waals surface area contributed by atoms with Crippen molar-refractivity contribution in [1.82, 2.24) is 4.90 Å². The van der Waals surface area contributed by atoms with Crippen molar-refractivity contribution in [3.63, 3.8) is 0 Å². The number of carbonyl (C=O) groups excluding carboxylic acids is 2. The molecule has 2 aromatic rings. The van der Waals surface area contributed by atoms with Gasteiger partial charge in [-0.25, -0.2) is 0 Å². The van der Waals surface area contributed by atoms with E-state index in [4.69, 9.17) is 30.5 Å². The fourth-order valence-electron chi connectivity index (χ4n) is 3.84. The number of aliphatic hydroxyl groups is 1. The maximum absolute atomic E-state index is 13.2. The Hall–Kier alpha value is -3.23. The van der Waals surface area contributed by atoms with Crippen molar-refractivity contribution in [3.8, 4) is 17.2 Å². The van der Waals surface area contributed by atoms with Crippen molar-refractivity contribution < 1.29 is 33.6 Å². The van der Waals surface area contributed by atoms with E-state index in [-0.39, 0.29) is 30.4 Å². The molecule has 0 bridgehead atoms. The number of likely N-dealkylation sites (tertiary alicyclic amines) is 1. The first-order chi connectivity index (χ1) is 16.7. The number of Topliss-reactive ketones (excluding diaryl/α,β-unsaturated/α-hetero) is 1. The smallest absolute Gasteiger partial charge is 0.295 e. The molecule has 0 spiro atoms. The van der Waals surface area contributed by atoms with Crippen molar-refractivity contribution in [2.24, 2.45) is 5.92 Å². The number of benzene rings is 2. The summed E-state index contributed by atoms with van der Waals surface area (Å²) in [6, 6.07) is 8.95. The molecule has 9 heteroatoms. The van der Waals surface area contributed by atoms with Crippen molar-refractivity contribution >= 4 is 29.1 Å². The van der Waals surface area contributed by atoms with Gasteiger partial charge in [0.1, 0.15) is 11.5 Å². The third-order valence-electron chi connectivity index (χ3n) is 5.58. The van der Waals surface area contributed by atoms with Crippen LogP contribution in [0.3, 0.4) is 0 Å². The molecule has 0 aliphatic carbocycles. The van der Waals surface area contributed by atoms with Crippen LogP contribution in [0, 0.1) is 5.92 Å². The van der Waals surface area contributed by atoms with E-state index in [9.17, 15) is 14.7 Å². The van der Waals surface area contributed by atoms with Crippen LogP contribution in [0.5, 0.6) is 17.2 Å². The highest BCUT2D eigenvalue weighted by atomic mass is 35.5. The van der Waals surface area contributed by atoms with E-state index < -0.39 is 17.7 Å². The molecule has 1 atom stereocenters. The van der Waals surface area contributed by atoms with E-state index in [0.29, 0.717) is 40.0 Å². The second kappa shape index (κ2) is 11.5. The van der Waals surface area contributed by atoms with Crippen LogP contribution in [0.15, 0.2) is 42.0 Å². The lowest BCUT2D eigenvalue weighted by molar-refractivity contribution is -0.140. The molecule has 1 aliphatic heterocycles. The SMILES string of the molecule is COCCN1C(=O)C(=O)/C(=C(\O)c2ccc(Cl)c(OC)c2)C1c1ccc(OC)c(OCC(C)C)c1. The zero-order valence-electron chi connectivity index (χ0n) is 20.5. The maximum atomic E-state index is 13.2. The van der Waals surface area contributed by atoms with E-state index in [0.717, 1.165) is 0 Å². The number of carbonyl (C=O) groups is 2. The molecule has 1 amide bonds. The normalized spacial score (nSPS) is 17.2. The molecule has 0 aromatic heterocycles. The standard InChI is InChI=1S/C26H30ClNO7/c1-15(2)14-35-21-12-16(7-9-19(21)33-4)23-22(25(30)26(31)28(23)10-11-32-3)24(29)17-6-8-18(27)20(13-17)34-5/h6-9,12-13,15,23,29H,10-11,14H2,1-5H3/b24-22-. The van der Waals surface area contributed by atoms with Gasteiger partial charge in [-0.05, 0) is 41.8 Å². The maximum Gasteiger partial charge on any atom is 0.295 e. The topological polar surface area (TPSA) is 94.5 Å². The fourth-order valence-corrected chi connectivity index (χ4v) is 4.04. The minimum absolute atomic E-state index is 0.0459. The van der Waals surface area contributed by atoms with Gasteiger partial charge >= 0.3 is 0 Å². The van der Waals surface area contributed by atoms with Crippen LogP contribution < -0.4 is 14.2 Å². The summed E-state index contributed by atoms with van der Waals surface area (Å²) in [5.74, 6) is -0.253. The Morgan fingerprint density at radius 3 is 2.37 bits per heavy atom. The first-order valence-corrected chi connectivity index (χ1v) is 11.5. The van der Waals surface area contributed by atoms with Gasteiger partial charge in [0.2, 0.25) is 0 Å². The lowest BCUT2D eigenvalue weighted by Gasteiger charge is -2.26. The van der Waals surface area contributed by atoms with Gasteiger partial charge in [0.15, 0.2) is 11.5 Å². The van der Waals surface area contributed by atoms with Crippen molar-refractivity contribution in [2.75, 3.05) is 41.1 Å². The van der Waals surface area contributed by atoms with Crippen molar-refractivity contribution in [2.45, 2.75) is 19.9 Å². The molecule has 1 saturated heterocycles. The Kier molecular flexibility index (Phi) is 8.64. The van der Waals surface area contributed by atoms with Gasteiger partial charge in [-0.2, -0.15) is 0 Å². The molecular formula is C26H30ClNO7. The number of rotatable bonds is 10. The van der Waals surface area contributed by atoms with Gasteiger partial charge in [0.25, 0.3) is 11.7 Å². The number of aliphatic hydroxyl groups excluding tert-OH is 1. The summed E-state index contributed by atoms with van der Waals surface area (Å²) in [5.41, 5.74) is 0.837. The van der Waals surface area contributed by atoms with E-state index >= 15 is 0 Å². The van der Waals surface area contributed by atoms with Crippen LogP contribution in [0.1, 0.15) is 31.0 Å². The Morgan fingerprint density at radius 1 is 1.03 bits per heavy atom. The summed E-state index contributed by atoms with van der Waals surface area (Å²) >= 11 is 6.12. The van der Waals surface area contributed by atoms with Crippen molar-refractivity contribution in [3.05, 3.63) is 58.1 Å². The monoisotopic (exact) mass is 503 g/mol. The summed E-state index contributed by atoms with van der Waals surface area (Å²) in [5, 5.41) is 11.6. The van der Waals surface area contributed by atoms with Crippen LogP contribution in [0.2, 0.25) is 5.02 Å². The number of amides is 1. The quantitative estimate of drug-likeness (QED) is 0.290. The fraction of sp³-hybridized carbons (Fsp3) is 0.385. The van der Waals surface area contributed by atoms with Gasteiger partial charge in [0, 0.05) is 19.2 Å². The zero-order chi connectivity index (χ0) is 25.7. The molecule has 188 valence electrons. The molecule has 1 N–H and O–H groups in total. The Labute approximate surface area is 210 Å². The largest absolute Gasteiger partial charge is 0.507 e. The van der Waals surface area contributed by atoms with Crippen LogP contribution in [-0.2, 0) is 14.3 Å². The average Bonchev–Trinajstić information content (AvgIpc) is 3.10. The highest BCUT2D eigenvalue weighted by molar-refractivity contribution is 6.46. The molecule has 35 heavy (non-hydrogen) atoms. The van der Waals surface area contributed by atoms with Gasteiger partial charge in [-0.1, -0.05) is 31.5 Å². The molecule has 1 aliphatic rings. The van der Waals surface area contributed by atoms with E-state index in [1.807, 2.05) is 13.8 Å². The third-order valence-corrected chi connectivity index (χ3v) is 5.89. The third kappa shape index (κ3) is 5.55. The highest BCUT2D eigenvalue weighted by Gasteiger charge is 2.46. The lowest BCUT2D eigenvalue weighted by Crippen LogP contribution is -2.32. The van der Waals surface area contributed by atoms with Crippen LogP contribution in [0.25, 0.3) is 5.76 Å². The number of hydrogen-bond acceptors (Lipinski definition) is 7. The van der Waals surface area contributed by atoms with Crippen LogP contribution in [0.4, 0.5) is 0 Å². The number of methoxy groups -OCH3 is 3. The molecule has 3 rings (SSSR count). The number of ketones is 1. The van der Waals surface area contributed by atoms with Gasteiger partial charge in [-0.15, -0.1) is 0 Å². The molecule has 0 saturated carbocycles. The minimum Gasteiger partial charge on any atom is -0.507 e. The summed E-state index contributed by atoms with van der Waals surface area (Å²) < 4.78 is 21.8. The first-order valence-electron chi connectivity index (χ1n) is 11.1. The Morgan fingerprint density at radius 2 is 1.74 bits per heavy atom. The summed E-state index contributed by atoms with van der Waals surface area (Å²) in [7, 11) is 4.50. The van der Waals surface area contributed by atoms with Gasteiger partial charge in [0.05, 0.1) is 44.1 Å². The van der Waals surface area contributed by atoms with Crippen LogP contribution in [-0.4, -0.2) is 62.8 Å². The second-order valence-corrected chi connectivity index (χ2v) is 8.86. The molecule has 1 heterocycles. The summed E-state index contributed by atoms with van der Waals surface area (Å²) in [6.07, 6.45) is 0. The lowest BCUT2D eigenvalue weighted by atomic mass is 9.95. The van der Waals surface area contributed by atoms with E-state index in [1.165, 1.54) is 32.3 Å². The minimum atomic E-state index is -0.862. The molecular weight excluding hydrogens is 474 g/mol. The molecule has 2 aromatic carbocycles. The molecule has 1 fully saturated rings. The summed E-state index contributed by atoms with van der Waals surface area (Å²) in [4.78, 5) is 27.6. The number of nitrogens with zero attached hydrogens (tertiary/aromatic N) is 1. The molecule has 0 radical (unpaired) electrons. The van der Waals surface area contributed by atoms with Gasteiger partial charge < -0.3 is 29.0 Å². The number of halogens is 1. The Bertz CT molecular complexity index is 1130. The predicted molar refractivity (Wildman–Crippen MR) is 132 cm³/mol.